The van der Waals surface area contributed by atoms with Gasteiger partial charge in [-0.1, -0.05) is 20.3 Å². The van der Waals surface area contributed by atoms with Gasteiger partial charge >= 0.3 is 0 Å². The van der Waals surface area contributed by atoms with E-state index in [1.54, 1.807) is 0 Å². The summed E-state index contributed by atoms with van der Waals surface area (Å²) in [6.45, 7) is 13.8. The molecular weight excluding hydrogens is 210 g/mol. The molecule has 3 unspecified atom stereocenters. The van der Waals surface area contributed by atoms with Crippen LogP contribution in [0.4, 0.5) is 0 Å². The number of rotatable bonds is 6. The average molecular weight is 241 g/mol. The zero-order valence-corrected chi connectivity index (χ0v) is 12.4. The number of nitrogens with zero attached hydrogens (tertiary/aromatic N) is 2. The van der Waals surface area contributed by atoms with E-state index in [1.807, 2.05) is 0 Å². The van der Waals surface area contributed by atoms with Gasteiger partial charge in [0, 0.05) is 37.8 Å². The fourth-order valence-electron chi connectivity index (χ4n) is 2.80. The van der Waals surface area contributed by atoms with Crippen LogP contribution in [0.3, 0.4) is 0 Å². The van der Waals surface area contributed by atoms with Crippen molar-refractivity contribution < 1.29 is 0 Å². The van der Waals surface area contributed by atoms with E-state index in [2.05, 4.69) is 49.9 Å². The second kappa shape index (κ2) is 7.34. The van der Waals surface area contributed by atoms with Crippen LogP contribution in [0, 0.1) is 0 Å². The summed E-state index contributed by atoms with van der Waals surface area (Å²) >= 11 is 0. The molecule has 102 valence electrons. The smallest absolute Gasteiger partial charge is 0.0221 e. The molecule has 3 heteroatoms. The van der Waals surface area contributed by atoms with Crippen LogP contribution < -0.4 is 5.32 Å². The monoisotopic (exact) mass is 241 g/mol. The molecule has 0 saturated carbocycles. The number of hydrogen-bond acceptors (Lipinski definition) is 3. The lowest BCUT2D eigenvalue weighted by molar-refractivity contribution is 0.0312. The van der Waals surface area contributed by atoms with E-state index in [0.29, 0.717) is 12.1 Å². The zero-order chi connectivity index (χ0) is 12.8. The molecule has 1 N–H and O–H groups in total. The van der Waals surface area contributed by atoms with Crippen molar-refractivity contribution >= 4 is 0 Å². The highest BCUT2D eigenvalue weighted by Gasteiger charge is 2.29. The summed E-state index contributed by atoms with van der Waals surface area (Å²) in [5.41, 5.74) is 0. The molecule has 1 fully saturated rings. The lowest BCUT2D eigenvalue weighted by atomic mass is 10.0. The molecule has 1 aliphatic heterocycles. The number of likely N-dealkylation sites (N-methyl/N-ethyl adjacent to an activating group) is 2. The molecular formula is C14H31N3. The minimum absolute atomic E-state index is 0.680. The van der Waals surface area contributed by atoms with Gasteiger partial charge in [-0.15, -0.1) is 0 Å². The van der Waals surface area contributed by atoms with Crippen LogP contribution in [0.1, 0.15) is 40.5 Å². The molecule has 1 saturated heterocycles. The Hall–Kier alpha value is -0.120. The van der Waals surface area contributed by atoms with E-state index in [-0.39, 0.29) is 0 Å². The van der Waals surface area contributed by atoms with Crippen LogP contribution in [0.25, 0.3) is 0 Å². The van der Waals surface area contributed by atoms with Crippen molar-refractivity contribution in [2.24, 2.45) is 0 Å². The van der Waals surface area contributed by atoms with Crippen LogP contribution in [-0.4, -0.2) is 61.2 Å². The first-order valence-electron chi connectivity index (χ1n) is 7.26. The van der Waals surface area contributed by atoms with Gasteiger partial charge in [-0.2, -0.15) is 0 Å². The maximum absolute atomic E-state index is 3.52. The standard InChI is InChI=1S/C14H31N3/c1-6-8-14(9-15-7-2)17-10-12(3)16(5)13(4)11-17/h12-15H,6-11H2,1-5H3. The second-order valence-corrected chi connectivity index (χ2v) is 5.57. The zero-order valence-electron chi connectivity index (χ0n) is 12.4. The Morgan fingerprint density at radius 1 is 1.18 bits per heavy atom. The van der Waals surface area contributed by atoms with Crippen molar-refractivity contribution in [2.45, 2.75) is 58.7 Å². The molecule has 1 rings (SSSR count). The molecule has 3 atom stereocenters. The second-order valence-electron chi connectivity index (χ2n) is 5.57. The predicted molar refractivity (Wildman–Crippen MR) is 75.5 cm³/mol. The molecule has 0 radical (unpaired) electrons. The van der Waals surface area contributed by atoms with Crippen molar-refractivity contribution in [1.82, 2.24) is 15.1 Å². The molecule has 0 amide bonds. The molecule has 0 aromatic heterocycles. The van der Waals surface area contributed by atoms with Gasteiger partial charge < -0.3 is 5.32 Å². The Morgan fingerprint density at radius 2 is 1.76 bits per heavy atom. The minimum atomic E-state index is 0.680. The fraction of sp³-hybridized carbons (Fsp3) is 1.00. The number of piperazine rings is 1. The third-order valence-corrected chi connectivity index (χ3v) is 4.16. The van der Waals surface area contributed by atoms with Crippen LogP contribution >= 0.6 is 0 Å². The lowest BCUT2D eigenvalue weighted by Crippen LogP contribution is -2.59. The molecule has 3 nitrogen and oxygen atoms in total. The van der Waals surface area contributed by atoms with Crippen LogP contribution in [-0.2, 0) is 0 Å². The van der Waals surface area contributed by atoms with Crippen LogP contribution in [0.15, 0.2) is 0 Å². The highest BCUT2D eigenvalue weighted by Crippen LogP contribution is 2.17. The highest BCUT2D eigenvalue weighted by molar-refractivity contribution is 4.87. The Kier molecular flexibility index (Phi) is 6.45. The van der Waals surface area contributed by atoms with Gasteiger partial charge in [-0.25, -0.2) is 0 Å². The molecule has 0 aromatic rings. The lowest BCUT2D eigenvalue weighted by Gasteiger charge is -2.45. The summed E-state index contributed by atoms with van der Waals surface area (Å²) in [5, 5.41) is 3.52. The third kappa shape index (κ3) is 4.23. The van der Waals surface area contributed by atoms with Gasteiger partial charge in [0.25, 0.3) is 0 Å². The molecule has 0 bridgehead atoms. The largest absolute Gasteiger partial charge is 0.315 e. The van der Waals surface area contributed by atoms with Gasteiger partial charge in [0.2, 0.25) is 0 Å². The Labute approximate surface area is 108 Å². The van der Waals surface area contributed by atoms with E-state index < -0.39 is 0 Å². The SMILES string of the molecule is CCCC(CNCC)N1CC(C)N(C)C(C)C1. The van der Waals surface area contributed by atoms with Crippen molar-refractivity contribution in [3.05, 3.63) is 0 Å². The molecule has 0 spiro atoms. The Balaban J connectivity index is 2.54. The maximum Gasteiger partial charge on any atom is 0.0221 e. The molecule has 0 aliphatic carbocycles. The van der Waals surface area contributed by atoms with Crippen molar-refractivity contribution in [2.75, 3.05) is 33.2 Å². The average Bonchev–Trinajstić information content (AvgIpc) is 2.31. The molecule has 1 heterocycles. The summed E-state index contributed by atoms with van der Waals surface area (Å²) in [6.07, 6.45) is 2.60. The van der Waals surface area contributed by atoms with Crippen molar-refractivity contribution in [3.63, 3.8) is 0 Å². The molecule has 1 aliphatic rings. The third-order valence-electron chi connectivity index (χ3n) is 4.16. The first-order valence-corrected chi connectivity index (χ1v) is 7.26. The summed E-state index contributed by atoms with van der Waals surface area (Å²) in [7, 11) is 2.26. The number of nitrogens with one attached hydrogen (secondary N) is 1. The van der Waals surface area contributed by atoms with Crippen LogP contribution in [0.2, 0.25) is 0 Å². The quantitative estimate of drug-likeness (QED) is 0.765. The van der Waals surface area contributed by atoms with Crippen molar-refractivity contribution in [3.8, 4) is 0 Å². The van der Waals surface area contributed by atoms with Gasteiger partial charge in [0.05, 0.1) is 0 Å². The minimum Gasteiger partial charge on any atom is -0.315 e. The first kappa shape index (κ1) is 14.9. The van der Waals surface area contributed by atoms with E-state index in [4.69, 9.17) is 0 Å². The van der Waals surface area contributed by atoms with Gasteiger partial charge in [-0.05, 0) is 33.9 Å². The normalized spacial score (nSPS) is 29.5. The van der Waals surface area contributed by atoms with E-state index in [9.17, 15) is 0 Å². The van der Waals surface area contributed by atoms with Gasteiger partial charge in [0.1, 0.15) is 0 Å². The highest BCUT2D eigenvalue weighted by atomic mass is 15.3. The number of hydrogen-bond donors (Lipinski definition) is 1. The van der Waals surface area contributed by atoms with Crippen molar-refractivity contribution in [1.29, 1.82) is 0 Å². The Bertz CT molecular complexity index is 196. The first-order chi connectivity index (χ1) is 8.10. The maximum atomic E-state index is 3.52. The van der Waals surface area contributed by atoms with E-state index in [0.717, 1.165) is 19.1 Å². The molecule has 0 aromatic carbocycles. The fourth-order valence-corrected chi connectivity index (χ4v) is 2.80. The van der Waals surface area contributed by atoms with E-state index >= 15 is 0 Å². The predicted octanol–water partition coefficient (Wildman–Crippen LogP) is 1.79. The van der Waals surface area contributed by atoms with E-state index in [1.165, 1.54) is 25.9 Å². The van der Waals surface area contributed by atoms with Gasteiger partial charge in [0.15, 0.2) is 0 Å². The molecule has 17 heavy (non-hydrogen) atoms. The summed E-state index contributed by atoms with van der Waals surface area (Å²) in [4.78, 5) is 5.20. The van der Waals surface area contributed by atoms with Crippen LogP contribution in [0.5, 0.6) is 0 Å². The summed E-state index contributed by atoms with van der Waals surface area (Å²) < 4.78 is 0. The summed E-state index contributed by atoms with van der Waals surface area (Å²) in [5.74, 6) is 0. The Morgan fingerprint density at radius 3 is 2.24 bits per heavy atom. The topological polar surface area (TPSA) is 18.5 Å². The van der Waals surface area contributed by atoms with Gasteiger partial charge in [-0.3, -0.25) is 9.80 Å². The summed E-state index contributed by atoms with van der Waals surface area (Å²) in [6, 6.07) is 2.08.